The van der Waals surface area contributed by atoms with Gasteiger partial charge >= 0.3 is 0 Å². The van der Waals surface area contributed by atoms with Crippen LogP contribution < -0.4 is 5.32 Å². The highest BCUT2D eigenvalue weighted by molar-refractivity contribution is 5.54. The first-order valence-electron chi connectivity index (χ1n) is 11.2. The van der Waals surface area contributed by atoms with Crippen molar-refractivity contribution in [2.45, 2.75) is 94.9 Å². The molecule has 2 aliphatic carbocycles. The molecule has 5 nitrogen and oxygen atoms in total. The largest absolute Gasteiger partial charge is 0.392 e. The second kappa shape index (κ2) is 8.71. The lowest BCUT2D eigenvalue weighted by Crippen LogP contribution is -2.50. The average molecular weight is 419 g/mol. The zero-order chi connectivity index (χ0) is 21.3. The van der Waals surface area contributed by atoms with E-state index in [4.69, 9.17) is 10.1 Å². The van der Waals surface area contributed by atoms with Crippen molar-refractivity contribution in [3.63, 3.8) is 0 Å². The number of aliphatic hydroxyl groups is 1. The molecule has 3 atom stereocenters. The summed E-state index contributed by atoms with van der Waals surface area (Å²) in [5.74, 6) is -0.668. The van der Waals surface area contributed by atoms with Gasteiger partial charge in [-0.1, -0.05) is 30.3 Å². The van der Waals surface area contributed by atoms with Gasteiger partial charge in [-0.2, -0.15) is 5.10 Å². The zero-order valence-corrected chi connectivity index (χ0v) is 17.8. The van der Waals surface area contributed by atoms with Gasteiger partial charge in [-0.3, -0.25) is 0 Å². The molecule has 1 heterocycles. The molecule has 0 bridgehead atoms. The summed E-state index contributed by atoms with van der Waals surface area (Å²) >= 11 is 0. The second-order valence-electron chi connectivity index (χ2n) is 9.18. The molecule has 164 valence electrons. The van der Waals surface area contributed by atoms with Crippen molar-refractivity contribution in [2.24, 2.45) is 0 Å². The van der Waals surface area contributed by atoms with Gasteiger partial charge in [0, 0.05) is 42.4 Å². The van der Waals surface area contributed by atoms with Crippen LogP contribution in [0.3, 0.4) is 0 Å². The molecule has 4 rings (SSSR count). The quantitative estimate of drug-likeness (QED) is 0.739. The van der Waals surface area contributed by atoms with Crippen LogP contribution in [0.2, 0.25) is 0 Å². The first-order valence-corrected chi connectivity index (χ1v) is 11.2. The van der Waals surface area contributed by atoms with Crippen LogP contribution in [0.5, 0.6) is 0 Å². The molecule has 2 saturated carbocycles. The van der Waals surface area contributed by atoms with Gasteiger partial charge in [0.15, 0.2) is 5.82 Å². The normalized spacial score (nSPS) is 27.5. The molecule has 2 fully saturated rings. The molecule has 0 unspecified atom stereocenters. The lowest BCUT2D eigenvalue weighted by atomic mass is 9.81. The third-order valence-corrected chi connectivity index (χ3v) is 6.52. The maximum absolute atomic E-state index is 13.5. The first kappa shape index (κ1) is 21.4. The predicted molar refractivity (Wildman–Crippen MR) is 113 cm³/mol. The van der Waals surface area contributed by atoms with Gasteiger partial charge in [0.25, 0.3) is 0 Å². The summed E-state index contributed by atoms with van der Waals surface area (Å²) in [6.07, 6.45) is 2.60. The maximum atomic E-state index is 13.5. The molecule has 7 heteroatoms. The number of benzene rings is 1. The van der Waals surface area contributed by atoms with E-state index in [1.165, 1.54) is 0 Å². The number of hydrogen-bond acceptors (Lipinski definition) is 4. The highest BCUT2D eigenvalue weighted by Crippen LogP contribution is 2.37. The second-order valence-corrected chi connectivity index (χ2v) is 9.18. The summed E-state index contributed by atoms with van der Waals surface area (Å²) in [4.78, 5) is 4.89. The Morgan fingerprint density at radius 2 is 1.80 bits per heavy atom. The Morgan fingerprint density at radius 3 is 2.47 bits per heavy atom. The molecule has 2 N–H and O–H groups in total. The SMILES string of the molecule is CC(C)n1nc(-c2ccccc2)nc1[C@H]1CC[C@@H](O)[C@H](NC2CCC(F)(F)CC2)C1. The Hall–Kier alpha value is -1.86. The number of hydrogen-bond donors (Lipinski definition) is 2. The van der Waals surface area contributed by atoms with Gasteiger partial charge in [-0.05, 0) is 46.0 Å². The molecule has 1 aromatic heterocycles. The Morgan fingerprint density at radius 1 is 1.10 bits per heavy atom. The summed E-state index contributed by atoms with van der Waals surface area (Å²) in [5, 5.41) is 18.8. The summed E-state index contributed by atoms with van der Waals surface area (Å²) in [6.45, 7) is 4.20. The number of halogens is 2. The monoisotopic (exact) mass is 418 g/mol. The minimum Gasteiger partial charge on any atom is -0.392 e. The maximum Gasteiger partial charge on any atom is 0.248 e. The lowest BCUT2D eigenvalue weighted by molar-refractivity contribution is -0.0437. The number of alkyl halides is 2. The Kier molecular flexibility index (Phi) is 6.21. The van der Waals surface area contributed by atoms with Crippen LogP contribution in [0.4, 0.5) is 8.78 Å². The van der Waals surface area contributed by atoms with Crippen LogP contribution in [0.1, 0.15) is 76.6 Å². The van der Waals surface area contributed by atoms with Crippen molar-refractivity contribution in [2.75, 3.05) is 0 Å². The van der Waals surface area contributed by atoms with Crippen molar-refractivity contribution >= 4 is 0 Å². The summed E-state index contributed by atoms with van der Waals surface area (Å²) < 4.78 is 29.0. The van der Waals surface area contributed by atoms with E-state index < -0.39 is 12.0 Å². The van der Waals surface area contributed by atoms with Gasteiger partial charge in [0.05, 0.1) is 6.10 Å². The molecule has 0 saturated heterocycles. The van der Waals surface area contributed by atoms with E-state index in [-0.39, 0.29) is 36.9 Å². The zero-order valence-electron chi connectivity index (χ0n) is 17.8. The van der Waals surface area contributed by atoms with Crippen LogP contribution in [0.25, 0.3) is 11.4 Å². The number of nitrogens with one attached hydrogen (secondary N) is 1. The van der Waals surface area contributed by atoms with E-state index in [0.717, 1.165) is 30.1 Å². The third-order valence-electron chi connectivity index (χ3n) is 6.52. The van der Waals surface area contributed by atoms with E-state index in [2.05, 4.69) is 19.2 Å². The minimum absolute atomic E-state index is 0.0471. The third kappa shape index (κ3) is 4.72. The number of aromatic nitrogens is 3. The molecular formula is C23H32F2N4O. The standard InChI is InChI=1S/C23H32F2N4O/c1-15(2)29-22(27-21(28-29)16-6-4-3-5-7-16)17-8-9-20(30)19(14-17)26-18-10-12-23(24,25)13-11-18/h3-7,15,17-20,26,30H,8-14H2,1-2H3/t17-,19+,20+/m0/s1. The molecule has 2 aliphatic rings. The fourth-order valence-electron chi connectivity index (χ4n) is 4.78. The summed E-state index contributed by atoms with van der Waals surface area (Å²) in [5.41, 5.74) is 0.992. The van der Waals surface area contributed by atoms with Crippen molar-refractivity contribution in [1.29, 1.82) is 0 Å². The van der Waals surface area contributed by atoms with Gasteiger partial charge in [-0.15, -0.1) is 0 Å². The number of nitrogens with zero attached hydrogens (tertiary/aromatic N) is 3. The molecular weight excluding hydrogens is 386 g/mol. The Bertz CT molecular complexity index is 829. The van der Waals surface area contributed by atoms with Crippen LogP contribution in [0, 0.1) is 0 Å². The van der Waals surface area contributed by atoms with Crippen LogP contribution in [0.15, 0.2) is 30.3 Å². The molecule has 0 amide bonds. The van der Waals surface area contributed by atoms with Crippen molar-refractivity contribution in [3.8, 4) is 11.4 Å². The Balaban J connectivity index is 1.50. The highest BCUT2D eigenvalue weighted by atomic mass is 19.3. The van der Waals surface area contributed by atoms with E-state index in [9.17, 15) is 13.9 Å². The van der Waals surface area contributed by atoms with Crippen LogP contribution in [-0.2, 0) is 0 Å². The lowest BCUT2D eigenvalue weighted by Gasteiger charge is -2.38. The smallest absolute Gasteiger partial charge is 0.248 e. The fourth-order valence-corrected chi connectivity index (χ4v) is 4.78. The van der Waals surface area contributed by atoms with Gasteiger partial charge in [0.2, 0.25) is 5.92 Å². The average Bonchev–Trinajstić information content (AvgIpc) is 3.18. The number of aliphatic hydroxyl groups excluding tert-OH is 1. The summed E-state index contributed by atoms with van der Waals surface area (Å²) in [7, 11) is 0. The predicted octanol–water partition coefficient (Wildman–Crippen LogP) is 4.69. The van der Waals surface area contributed by atoms with E-state index in [1.54, 1.807) is 0 Å². The molecule has 1 aromatic carbocycles. The van der Waals surface area contributed by atoms with Gasteiger partial charge in [0.1, 0.15) is 5.82 Å². The molecule has 30 heavy (non-hydrogen) atoms. The van der Waals surface area contributed by atoms with Crippen LogP contribution in [-0.4, -0.2) is 44.0 Å². The highest BCUT2D eigenvalue weighted by Gasteiger charge is 2.38. The fraction of sp³-hybridized carbons (Fsp3) is 0.652. The minimum atomic E-state index is -2.53. The topological polar surface area (TPSA) is 63.0 Å². The van der Waals surface area contributed by atoms with Crippen molar-refractivity contribution in [1.82, 2.24) is 20.1 Å². The van der Waals surface area contributed by atoms with Crippen molar-refractivity contribution in [3.05, 3.63) is 36.2 Å². The van der Waals surface area contributed by atoms with E-state index in [1.807, 2.05) is 35.0 Å². The Labute approximate surface area is 176 Å². The van der Waals surface area contributed by atoms with E-state index in [0.29, 0.717) is 19.3 Å². The summed E-state index contributed by atoms with van der Waals surface area (Å²) in [6, 6.07) is 10.1. The van der Waals surface area contributed by atoms with E-state index >= 15 is 0 Å². The molecule has 2 aromatic rings. The first-order chi connectivity index (χ1) is 14.3. The molecule has 0 radical (unpaired) electrons. The molecule has 0 spiro atoms. The van der Waals surface area contributed by atoms with Gasteiger partial charge in [-0.25, -0.2) is 18.4 Å². The van der Waals surface area contributed by atoms with Crippen LogP contribution >= 0.6 is 0 Å². The number of rotatable bonds is 5. The van der Waals surface area contributed by atoms with Crippen molar-refractivity contribution < 1.29 is 13.9 Å². The van der Waals surface area contributed by atoms with Gasteiger partial charge < -0.3 is 10.4 Å². The molecule has 0 aliphatic heterocycles.